The highest BCUT2D eigenvalue weighted by Gasteiger charge is 2.52. The molecule has 0 bridgehead atoms. The minimum absolute atomic E-state index is 0.0988. The summed E-state index contributed by atoms with van der Waals surface area (Å²) in [7, 11) is 0.597. The van der Waals surface area contributed by atoms with E-state index in [-0.39, 0.29) is 24.3 Å². The number of methoxy groups -OCH3 is 1. The number of ether oxygens (including phenoxy) is 2. The molecule has 146 valence electrons. The minimum atomic E-state index is -0.713. The lowest BCUT2D eigenvalue weighted by molar-refractivity contribution is -0.141. The summed E-state index contributed by atoms with van der Waals surface area (Å²) < 4.78 is 35.8. The first-order valence-corrected chi connectivity index (χ1v) is 10.3. The summed E-state index contributed by atoms with van der Waals surface area (Å²) in [6.07, 6.45) is -0.435. The lowest BCUT2D eigenvalue weighted by Crippen LogP contribution is -2.67. The zero-order valence-corrected chi connectivity index (χ0v) is 15.8. The summed E-state index contributed by atoms with van der Waals surface area (Å²) in [5, 5.41) is 0. The Morgan fingerprint density at radius 1 is 1.41 bits per heavy atom. The first kappa shape index (κ1) is 18.2. The van der Waals surface area contributed by atoms with Gasteiger partial charge < -0.3 is 14.4 Å². The first-order chi connectivity index (χ1) is 12.9. The van der Waals surface area contributed by atoms with Crippen LogP contribution in [0.25, 0.3) is 0 Å². The van der Waals surface area contributed by atoms with Crippen molar-refractivity contribution in [2.75, 3.05) is 48.0 Å². The fraction of sp³-hybridized carbons (Fsp3) is 0.556. The van der Waals surface area contributed by atoms with Crippen molar-refractivity contribution in [1.82, 2.24) is 0 Å². The Bertz CT molecular complexity index is 801. The number of esters is 1. The molecule has 0 aromatic heterocycles. The lowest BCUT2D eigenvalue weighted by Gasteiger charge is -2.55. The van der Waals surface area contributed by atoms with Crippen molar-refractivity contribution in [3.05, 3.63) is 24.0 Å². The van der Waals surface area contributed by atoms with Crippen LogP contribution in [-0.2, 0) is 25.1 Å². The second-order valence-electron chi connectivity index (χ2n) is 7.45. The maximum absolute atomic E-state index is 14.6. The van der Waals surface area contributed by atoms with E-state index >= 15 is 0 Å². The Morgan fingerprint density at radius 3 is 2.78 bits per heavy atom. The van der Waals surface area contributed by atoms with Crippen LogP contribution in [0.5, 0.6) is 0 Å². The quantitative estimate of drug-likeness (QED) is 0.705. The van der Waals surface area contributed by atoms with Crippen LogP contribution in [0.3, 0.4) is 0 Å². The van der Waals surface area contributed by atoms with Crippen molar-refractivity contribution in [2.45, 2.75) is 18.9 Å². The number of halogens is 1. The molecule has 7 nitrogen and oxygen atoms in total. The number of carbonyl (C=O) groups excluding carboxylic acids is 2. The van der Waals surface area contributed by atoms with E-state index in [2.05, 4.69) is 4.74 Å². The lowest BCUT2D eigenvalue weighted by atomic mass is 9.82. The topological polar surface area (TPSA) is 76.2 Å². The van der Waals surface area contributed by atoms with Crippen molar-refractivity contribution < 1.29 is 27.7 Å². The Labute approximate surface area is 158 Å². The summed E-state index contributed by atoms with van der Waals surface area (Å²) in [6.45, 7) is 1.71. The van der Waals surface area contributed by atoms with Gasteiger partial charge in [-0.1, -0.05) is 0 Å². The number of hydrogen-bond acceptors (Lipinski definition) is 6. The van der Waals surface area contributed by atoms with E-state index in [1.165, 1.54) is 18.1 Å². The standard InChI is InChI=1S/C18H21FN2O5S/c1-25-16(22)5-3-13-7-21(17(23)26-13)12-2-4-15(14(19)6-12)20-8-18(9-20)10-27(24)11-18/h2,4,6,13H,3,5,7-11H2,1H3/t13-/m0/s1. The molecule has 0 radical (unpaired) electrons. The Balaban J connectivity index is 1.38. The molecule has 1 aromatic rings. The predicted octanol–water partition coefficient (Wildman–Crippen LogP) is 1.67. The Kier molecular flexibility index (Phi) is 4.57. The van der Waals surface area contributed by atoms with Gasteiger partial charge in [-0.25, -0.2) is 9.18 Å². The first-order valence-electron chi connectivity index (χ1n) is 8.84. The van der Waals surface area contributed by atoms with Crippen LogP contribution in [0.1, 0.15) is 12.8 Å². The zero-order chi connectivity index (χ0) is 19.2. The second-order valence-corrected chi connectivity index (χ2v) is 8.91. The number of hydrogen-bond donors (Lipinski definition) is 0. The number of benzene rings is 1. The van der Waals surface area contributed by atoms with Crippen LogP contribution in [0.2, 0.25) is 0 Å². The molecule has 4 rings (SSSR count). The van der Waals surface area contributed by atoms with Crippen molar-refractivity contribution in [1.29, 1.82) is 0 Å². The van der Waals surface area contributed by atoms with Crippen molar-refractivity contribution in [3.8, 4) is 0 Å². The van der Waals surface area contributed by atoms with Gasteiger partial charge in [0.25, 0.3) is 0 Å². The molecule has 1 spiro atoms. The molecule has 0 aliphatic carbocycles. The molecular weight excluding hydrogens is 375 g/mol. The van der Waals surface area contributed by atoms with Crippen LogP contribution in [-0.4, -0.2) is 60.6 Å². The molecule has 0 saturated carbocycles. The summed E-state index contributed by atoms with van der Waals surface area (Å²) in [6, 6.07) is 4.71. The van der Waals surface area contributed by atoms with Crippen LogP contribution in [0.4, 0.5) is 20.6 Å². The molecule has 3 aliphatic heterocycles. The molecule has 3 fully saturated rings. The smallest absolute Gasteiger partial charge is 0.414 e. The van der Waals surface area contributed by atoms with Gasteiger partial charge in [0.1, 0.15) is 11.9 Å². The van der Waals surface area contributed by atoms with E-state index in [1.807, 2.05) is 4.90 Å². The number of carbonyl (C=O) groups is 2. The van der Waals surface area contributed by atoms with Crippen LogP contribution in [0, 0.1) is 11.2 Å². The third-order valence-corrected chi connectivity index (χ3v) is 7.21. The number of rotatable bonds is 5. The summed E-state index contributed by atoms with van der Waals surface area (Å²) in [4.78, 5) is 26.6. The van der Waals surface area contributed by atoms with Gasteiger partial charge in [0.2, 0.25) is 0 Å². The molecule has 1 atom stereocenters. The van der Waals surface area contributed by atoms with Gasteiger partial charge in [0.05, 0.1) is 25.0 Å². The highest BCUT2D eigenvalue weighted by Crippen LogP contribution is 2.43. The van der Waals surface area contributed by atoms with E-state index in [4.69, 9.17) is 4.74 Å². The second kappa shape index (κ2) is 6.78. The maximum Gasteiger partial charge on any atom is 0.414 e. The van der Waals surface area contributed by atoms with Gasteiger partial charge in [-0.05, 0) is 24.6 Å². The van der Waals surface area contributed by atoms with Gasteiger partial charge in [-0.2, -0.15) is 0 Å². The fourth-order valence-electron chi connectivity index (χ4n) is 3.94. The molecule has 9 heteroatoms. The fourth-order valence-corrected chi connectivity index (χ4v) is 5.59. The highest BCUT2D eigenvalue weighted by atomic mass is 32.2. The van der Waals surface area contributed by atoms with Crippen molar-refractivity contribution in [3.63, 3.8) is 0 Å². The van der Waals surface area contributed by atoms with E-state index in [1.54, 1.807) is 12.1 Å². The molecule has 1 amide bonds. The molecule has 3 aliphatic rings. The Hall–Kier alpha value is -2.16. The molecule has 0 unspecified atom stereocenters. The number of amides is 1. The number of nitrogens with zero attached hydrogens (tertiary/aromatic N) is 2. The number of anilines is 2. The van der Waals surface area contributed by atoms with Crippen LogP contribution < -0.4 is 9.80 Å². The number of cyclic esters (lactones) is 1. The molecule has 0 N–H and O–H groups in total. The average Bonchev–Trinajstić information content (AvgIpc) is 2.96. The molecule has 3 heterocycles. The molecular formula is C18H21FN2O5S. The van der Waals surface area contributed by atoms with Gasteiger partial charge >= 0.3 is 12.1 Å². The SMILES string of the molecule is COC(=O)CC[C@H]1CN(c2ccc(N3CC4(C3)CS(=O)C4)c(F)c2)C(=O)O1. The largest absolute Gasteiger partial charge is 0.469 e. The van der Waals surface area contributed by atoms with Gasteiger partial charge in [0, 0.05) is 47.2 Å². The average molecular weight is 396 g/mol. The molecule has 1 aromatic carbocycles. The maximum atomic E-state index is 14.6. The van der Waals surface area contributed by atoms with E-state index < -0.39 is 28.8 Å². The zero-order valence-electron chi connectivity index (χ0n) is 15.0. The monoisotopic (exact) mass is 396 g/mol. The summed E-state index contributed by atoms with van der Waals surface area (Å²) in [5.74, 6) is 0.655. The van der Waals surface area contributed by atoms with E-state index in [9.17, 15) is 18.2 Å². The highest BCUT2D eigenvalue weighted by molar-refractivity contribution is 7.86. The summed E-state index contributed by atoms with van der Waals surface area (Å²) in [5.41, 5.74) is 1.03. The van der Waals surface area contributed by atoms with Gasteiger partial charge in [-0.3, -0.25) is 13.9 Å². The molecule has 27 heavy (non-hydrogen) atoms. The van der Waals surface area contributed by atoms with Gasteiger partial charge in [0.15, 0.2) is 0 Å². The summed E-state index contributed by atoms with van der Waals surface area (Å²) >= 11 is 0. The van der Waals surface area contributed by atoms with Crippen LogP contribution >= 0.6 is 0 Å². The van der Waals surface area contributed by atoms with E-state index in [0.29, 0.717) is 29.3 Å². The van der Waals surface area contributed by atoms with Gasteiger partial charge in [-0.15, -0.1) is 0 Å². The van der Waals surface area contributed by atoms with Crippen molar-refractivity contribution >= 4 is 34.2 Å². The minimum Gasteiger partial charge on any atom is -0.469 e. The van der Waals surface area contributed by atoms with Crippen LogP contribution in [0.15, 0.2) is 18.2 Å². The van der Waals surface area contributed by atoms with E-state index in [0.717, 1.165) is 13.1 Å². The third-order valence-electron chi connectivity index (χ3n) is 5.34. The normalized spacial score (nSPS) is 23.8. The third kappa shape index (κ3) is 3.40. The van der Waals surface area contributed by atoms with Crippen molar-refractivity contribution in [2.24, 2.45) is 5.41 Å². The predicted molar refractivity (Wildman–Crippen MR) is 97.8 cm³/mol. The Morgan fingerprint density at radius 2 is 2.15 bits per heavy atom. The molecule has 3 saturated heterocycles.